The zero-order valence-corrected chi connectivity index (χ0v) is 38.7. The summed E-state index contributed by atoms with van der Waals surface area (Å²) in [5, 5.41) is 3.62. The third-order valence-corrected chi connectivity index (χ3v) is 11.6. The van der Waals surface area contributed by atoms with Gasteiger partial charge < -0.3 is 39.0 Å². The maximum atomic E-state index is 12.3. The van der Waals surface area contributed by atoms with Crippen LogP contribution in [0.25, 0.3) is 0 Å². The Kier molecular flexibility index (Phi) is 19.5. The highest BCUT2D eigenvalue weighted by atomic mass is 79.9. The number of aryl methyl sites for hydroxylation is 2. The fourth-order valence-corrected chi connectivity index (χ4v) is 8.32. The van der Waals surface area contributed by atoms with E-state index in [0.29, 0.717) is 46.7 Å². The summed E-state index contributed by atoms with van der Waals surface area (Å²) in [5.41, 5.74) is 0.229. The first-order valence-corrected chi connectivity index (χ1v) is 21.7. The number of nitrogens with zero attached hydrogens (tertiary/aromatic N) is 3. The number of nitrogens with one attached hydrogen (secondary N) is 1. The van der Waals surface area contributed by atoms with E-state index in [4.69, 9.17) is 14.2 Å². The van der Waals surface area contributed by atoms with E-state index >= 15 is 0 Å². The number of methoxy groups -OCH3 is 2. The van der Waals surface area contributed by atoms with Gasteiger partial charge in [-0.1, -0.05) is 15.9 Å². The smallest absolute Gasteiger partial charge is 0.410 e. The molecule has 2 aliphatic rings. The summed E-state index contributed by atoms with van der Waals surface area (Å²) in [6.07, 6.45) is 3.24. The van der Waals surface area contributed by atoms with Crippen molar-refractivity contribution in [2.24, 2.45) is 11.8 Å². The van der Waals surface area contributed by atoms with Gasteiger partial charge in [0.25, 0.3) is 0 Å². The molecule has 0 bridgehead atoms. The van der Waals surface area contributed by atoms with Gasteiger partial charge in [-0.05, 0) is 105 Å². The highest BCUT2D eigenvalue weighted by Gasteiger charge is 2.31. The Bertz CT molecular complexity index is 1680. The van der Waals surface area contributed by atoms with Gasteiger partial charge >= 0.3 is 24.1 Å². The zero-order valence-electron chi connectivity index (χ0n) is 35.5. The van der Waals surface area contributed by atoms with Crippen molar-refractivity contribution >= 4 is 85.9 Å². The molecule has 0 unspecified atom stereocenters. The number of hydrogen-bond acceptors (Lipinski definition) is 12. The Balaban J connectivity index is 0.000000325. The number of carbonyl (C=O) groups excluding carboxylic acids is 6. The molecule has 14 nitrogen and oxygen atoms in total. The lowest BCUT2D eigenvalue weighted by atomic mass is 9.96. The predicted octanol–water partition coefficient (Wildman–Crippen LogP) is 8.67. The maximum Gasteiger partial charge on any atom is 0.410 e. The van der Waals surface area contributed by atoms with Crippen molar-refractivity contribution in [1.29, 1.82) is 0 Å². The van der Waals surface area contributed by atoms with Crippen molar-refractivity contribution in [3.8, 4) is 0 Å². The minimum atomic E-state index is -0.513. The zero-order chi connectivity index (χ0) is 43.2. The first-order valence-electron chi connectivity index (χ1n) is 18.9. The Labute approximate surface area is 354 Å². The number of anilines is 2. The molecule has 2 aromatic rings. The van der Waals surface area contributed by atoms with Crippen molar-refractivity contribution in [2.45, 2.75) is 106 Å². The molecule has 0 spiro atoms. The van der Waals surface area contributed by atoms with E-state index in [9.17, 15) is 28.8 Å². The number of likely N-dealkylation sites (tertiary alicyclic amines) is 2. The molecule has 0 atom stereocenters. The second kappa shape index (κ2) is 22.4. The van der Waals surface area contributed by atoms with Gasteiger partial charge in [-0.3, -0.25) is 9.59 Å². The second-order valence-electron chi connectivity index (χ2n) is 15.9. The highest BCUT2D eigenvalue weighted by Crippen LogP contribution is 2.33. The first kappa shape index (κ1) is 49.4. The normalized spacial score (nSPS) is 14.9. The number of amides is 4. The number of piperidine rings is 2. The van der Waals surface area contributed by atoms with Crippen LogP contribution in [0.4, 0.5) is 21.0 Å². The number of hydrogen-bond donors (Lipinski definition) is 1. The molecule has 320 valence electrons. The fourth-order valence-electron chi connectivity index (χ4n) is 5.86. The number of carbonyl (C=O) groups is 6. The van der Waals surface area contributed by atoms with Crippen LogP contribution in [0.1, 0.15) is 110 Å². The second-order valence-corrected chi connectivity index (χ2v) is 19.1. The monoisotopic (exact) mass is 900 g/mol. The standard InChI is InChI=1S/C20H30N2O5S.C11H20BrNO2.C9H11NO3S/c1-13-11-16(17(28-13)18(24)26-6)22(14(2)23)12-15-7-9-21(10-8-15)19(25)27-20(3,4)5;1-11(2,3)15-10(14)13-6-4-9(8-12)5-7-13;1-5-4-7(10-6(2)11)8(14-5)9(12)13-3/h11,15H,7-10,12H2,1-6H3;9H,4-8H2,1-3H3;4H,1-3H3,(H,10,11). The van der Waals surface area contributed by atoms with Crippen LogP contribution in [0.2, 0.25) is 0 Å². The number of thiophene rings is 2. The van der Waals surface area contributed by atoms with Gasteiger partial charge in [-0.2, -0.15) is 0 Å². The molecule has 57 heavy (non-hydrogen) atoms. The highest BCUT2D eigenvalue weighted by molar-refractivity contribution is 9.09. The minimum Gasteiger partial charge on any atom is -0.465 e. The summed E-state index contributed by atoms with van der Waals surface area (Å²) in [6.45, 7) is 21.3. The van der Waals surface area contributed by atoms with Gasteiger partial charge in [0.15, 0.2) is 0 Å². The summed E-state index contributed by atoms with van der Waals surface area (Å²) in [5.74, 6) is -0.214. The lowest BCUT2D eigenvalue weighted by Crippen LogP contribution is -2.44. The molecular weight excluding hydrogens is 840 g/mol. The summed E-state index contributed by atoms with van der Waals surface area (Å²) < 4.78 is 20.2. The van der Waals surface area contributed by atoms with Gasteiger partial charge in [-0.25, -0.2) is 19.2 Å². The topological polar surface area (TPSA) is 161 Å². The van der Waals surface area contributed by atoms with E-state index < -0.39 is 17.5 Å². The Morgan fingerprint density at radius 2 is 1.16 bits per heavy atom. The minimum absolute atomic E-state index is 0.113. The van der Waals surface area contributed by atoms with Gasteiger partial charge in [-0.15, -0.1) is 22.7 Å². The molecule has 2 aliphatic heterocycles. The molecule has 2 fully saturated rings. The molecule has 0 aliphatic carbocycles. The maximum absolute atomic E-state index is 12.3. The Hall–Kier alpha value is -3.70. The van der Waals surface area contributed by atoms with Gasteiger partial charge in [0.05, 0.1) is 25.6 Å². The van der Waals surface area contributed by atoms with E-state index in [1.54, 1.807) is 15.9 Å². The summed E-state index contributed by atoms with van der Waals surface area (Å²) in [6, 6.07) is 3.60. The van der Waals surface area contributed by atoms with Crippen LogP contribution in [-0.2, 0) is 28.5 Å². The van der Waals surface area contributed by atoms with Crippen molar-refractivity contribution < 1.29 is 47.7 Å². The van der Waals surface area contributed by atoms with Crippen molar-refractivity contribution in [3.05, 3.63) is 31.6 Å². The quantitative estimate of drug-likeness (QED) is 0.162. The van der Waals surface area contributed by atoms with Crippen LogP contribution < -0.4 is 10.2 Å². The van der Waals surface area contributed by atoms with E-state index in [2.05, 4.69) is 26.0 Å². The molecule has 0 saturated carbocycles. The van der Waals surface area contributed by atoms with Crippen molar-refractivity contribution in [3.63, 3.8) is 0 Å². The van der Waals surface area contributed by atoms with E-state index in [1.807, 2.05) is 66.4 Å². The van der Waals surface area contributed by atoms with Gasteiger partial charge in [0, 0.05) is 61.7 Å². The largest absolute Gasteiger partial charge is 0.465 e. The third-order valence-electron chi connectivity index (χ3n) is 8.61. The summed E-state index contributed by atoms with van der Waals surface area (Å²) >= 11 is 6.11. The molecule has 17 heteroatoms. The number of esters is 2. The van der Waals surface area contributed by atoms with Crippen LogP contribution in [0, 0.1) is 25.7 Å². The molecule has 1 N–H and O–H groups in total. The lowest BCUT2D eigenvalue weighted by molar-refractivity contribution is -0.117. The van der Waals surface area contributed by atoms with Gasteiger partial charge in [0.2, 0.25) is 11.8 Å². The Morgan fingerprint density at radius 3 is 1.56 bits per heavy atom. The number of rotatable bonds is 7. The van der Waals surface area contributed by atoms with Crippen LogP contribution in [0.5, 0.6) is 0 Å². The summed E-state index contributed by atoms with van der Waals surface area (Å²) in [7, 11) is 2.65. The predicted molar refractivity (Wildman–Crippen MR) is 228 cm³/mol. The number of alkyl halides is 1. The molecule has 2 aromatic heterocycles. The van der Waals surface area contributed by atoms with Crippen LogP contribution >= 0.6 is 38.6 Å². The van der Waals surface area contributed by atoms with Crippen molar-refractivity contribution in [2.75, 3.05) is 62.5 Å². The van der Waals surface area contributed by atoms with Gasteiger partial charge in [0.1, 0.15) is 21.0 Å². The first-order chi connectivity index (χ1) is 26.5. The lowest BCUT2D eigenvalue weighted by Gasteiger charge is -2.35. The summed E-state index contributed by atoms with van der Waals surface area (Å²) in [4.78, 5) is 78.4. The molecule has 0 radical (unpaired) electrons. The van der Waals surface area contributed by atoms with Crippen LogP contribution in [0.3, 0.4) is 0 Å². The fraction of sp³-hybridized carbons (Fsp3) is 0.650. The number of halogens is 1. The SMILES string of the molecule is CC(C)(C)OC(=O)N1CCC(CBr)CC1.COC(=O)c1sc(C)cc1N(CC1CCN(C(=O)OC(C)(C)C)CC1)C(C)=O.COC(=O)c1sc(C)cc1NC(C)=O. The average molecular weight is 902 g/mol. The molecule has 0 aromatic carbocycles. The number of ether oxygens (including phenoxy) is 4. The van der Waals surface area contributed by atoms with E-state index in [-0.39, 0.29) is 35.5 Å². The Morgan fingerprint density at radius 1 is 0.737 bits per heavy atom. The molecule has 4 rings (SSSR count). The third kappa shape index (κ3) is 17.0. The molecular formula is C40H61BrN4O10S2. The van der Waals surface area contributed by atoms with Crippen LogP contribution in [-0.4, -0.2) is 109 Å². The molecule has 2 saturated heterocycles. The average Bonchev–Trinajstić information content (AvgIpc) is 3.69. The van der Waals surface area contributed by atoms with Crippen molar-refractivity contribution in [1.82, 2.24) is 9.80 Å². The van der Waals surface area contributed by atoms with E-state index in [0.717, 1.165) is 53.9 Å². The molecule has 4 heterocycles. The van der Waals surface area contributed by atoms with E-state index in [1.165, 1.54) is 50.7 Å². The molecule has 4 amide bonds. The van der Waals surface area contributed by atoms with Crippen LogP contribution in [0.15, 0.2) is 12.1 Å².